The second kappa shape index (κ2) is 3.24. The van der Waals surface area contributed by atoms with Gasteiger partial charge >= 0.3 is 0 Å². The molecule has 0 unspecified atom stereocenters. The number of rotatable bonds is 3. The Bertz CT molecular complexity index is 308. The first-order chi connectivity index (χ1) is 6.29. The molecule has 70 valence electrons. The summed E-state index contributed by atoms with van der Waals surface area (Å²) in [5, 5.41) is 0. The average molecular weight is 179 g/mol. The molecule has 1 heterocycles. The van der Waals surface area contributed by atoms with Gasteiger partial charge in [-0.3, -0.25) is 0 Å². The Labute approximate surface area is 77.7 Å². The van der Waals surface area contributed by atoms with Gasteiger partial charge in [-0.25, -0.2) is 4.98 Å². The molecule has 2 rings (SSSR count). The molecule has 1 fully saturated rings. The van der Waals surface area contributed by atoms with Crippen LogP contribution in [0.3, 0.4) is 0 Å². The fourth-order valence-corrected chi connectivity index (χ4v) is 1.13. The van der Waals surface area contributed by atoms with Crippen LogP contribution in [0, 0.1) is 6.92 Å². The quantitative estimate of drug-likeness (QED) is 0.710. The smallest absolute Gasteiger partial charge is 0.213 e. The Morgan fingerprint density at radius 2 is 2.15 bits per heavy atom. The van der Waals surface area contributed by atoms with E-state index in [0.29, 0.717) is 12.0 Å². The molecule has 0 saturated heterocycles. The molecule has 3 nitrogen and oxygen atoms in total. The van der Waals surface area contributed by atoms with Crippen LogP contribution in [0.5, 0.6) is 11.6 Å². The summed E-state index contributed by atoms with van der Waals surface area (Å²) in [6.07, 6.45) is 2.77. The second-order valence-corrected chi connectivity index (χ2v) is 3.25. The number of aryl methyl sites for hydroxylation is 1. The van der Waals surface area contributed by atoms with Gasteiger partial charge in [0, 0.05) is 6.07 Å². The van der Waals surface area contributed by atoms with Crippen LogP contribution in [0.15, 0.2) is 12.1 Å². The van der Waals surface area contributed by atoms with Gasteiger partial charge in [-0.05, 0) is 25.8 Å². The summed E-state index contributed by atoms with van der Waals surface area (Å²) in [7, 11) is 1.61. The number of aromatic nitrogens is 1. The molecule has 0 aliphatic heterocycles. The minimum atomic E-state index is 0.425. The number of hydrogen-bond donors (Lipinski definition) is 0. The maximum absolute atomic E-state index is 5.64. The molecule has 1 saturated carbocycles. The predicted molar refractivity (Wildman–Crippen MR) is 49.2 cm³/mol. The third-order valence-electron chi connectivity index (χ3n) is 2.04. The molecule has 1 aliphatic rings. The van der Waals surface area contributed by atoms with Gasteiger partial charge in [0.1, 0.15) is 5.75 Å². The molecule has 0 aromatic carbocycles. The summed E-state index contributed by atoms with van der Waals surface area (Å²) in [6, 6.07) is 3.74. The van der Waals surface area contributed by atoms with Crippen molar-refractivity contribution in [1.29, 1.82) is 0 Å². The van der Waals surface area contributed by atoms with Gasteiger partial charge in [0.2, 0.25) is 5.88 Å². The molecule has 0 bridgehead atoms. The first kappa shape index (κ1) is 8.35. The summed E-state index contributed by atoms with van der Waals surface area (Å²) in [4.78, 5) is 4.23. The van der Waals surface area contributed by atoms with Crippen LogP contribution < -0.4 is 9.47 Å². The molecular weight excluding hydrogens is 166 g/mol. The zero-order valence-corrected chi connectivity index (χ0v) is 7.91. The van der Waals surface area contributed by atoms with E-state index in [1.54, 1.807) is 7.11 Å². The number of nitrogens with zero attached hydrogens (tertiary/aromatic N) is 1. The van der Waals surface area contributed by atoms with Crippen molar-refractivity contribution in [2.45, 2.75) is 25.9 Å². The first-order valence-corrected chi connectivity index (χ1v) is 4.48. The Balaban J connectivity index is 2.15. The highest BCUT2D eigenvalue weighted by Crippen LogP contribution is 2.28. The van der Waals surface area contributed by atoms with Gasteiger partial charge in [-0.15, -0.1) is 0 Å². The number of ether oxygens (including phenoxy) is 2. The number of hydrogen-bond acceptors (Lipinski definition) is 3. The summed E-state index contributed by atoms with van der Waals surface area (Å²) in [6.45, 7) is 1.93. The lowest BCUT2D eigenvalue weighted by atomic mass is 10.3. The molecule has 0 radical (unpaired) electrons. The monoisotopic (exact) mass is 179 g/mol. The Hall–Kier alpha value is -1.25. The van der Waals surface area contributed by atoms with E-state index in [4.69, 9.17) is 9.47 Å². The summed E-state index contributed by atoms with van der Waals surface area (Å²) in [5.74, 6) is 1.52. The maximum atomic E-state index is 5.64. The van der Waals surface area contributed by atoms with Crippen LogP contribution in [0.2, 0.25) is 0 Å². The Morgan fingerprint density at radius 3 is 2.69 bits per heavy atom. The topological polar surface area (TPSA) is 31.4 Å². The van der Waals surface area contributed by atoms with E-state index in [2.05, 4.69) is 4.98 Å². The van der Waals surface area contributed by atoms with Crippen molar-refractivity contribution in [2.75, 3.05) is 7.11 Å². The third kappa shape index (κ3) is 1.91. The Kier molecular flexibility index (Phi) is 2.08. The second-order valence-electron chi connectivity index (χ2n) is 3.25. The van der Waals surface area contributed by atoms with Crippen LogP contribution >= 0.6 is 0 Å². The summed E-state index contributed by atoms with van der Waals surface area (Å²) in [5.41, 5.74) is 0.895. The van der Waals surface area contributed by atoms with Gasteiger partial charge < -0.3 is 9.47 Å². The van der Waals surface area contributed by atoms with Gasteiger partial charge in [-0.2, -0.15) is 0 Å². The molecule has 1 aromatic heterocycles. The van der Waals surface area contributed by atoms with E-state index in [9.17, 15) is 0 Å². The molecule has 0 N–H and O–H groups in total. The zero-order chi connectivity index (χ0) is 9.26. The van der Waals surface area contributed by atoms with Crippen molar-refractivity contribution < 1.29 is 9.47 Å². The molecule has 1 aliphatic carbocycles. The van der Waals surface area contributed by atoms with Crippen LogP contribution in [-0.4, -0.2) is 18.2 Å². The largest absolute Gasteiger partial charge is 0.489 e. The number of pyridine rings is 1. The molecule has 13 heavy (non-hydrogen) atoms. The predicted octanol–water partition coefficient (Wildman–Crippen LogP) is 1.94. The molecule has 0 spiro atoms. The standard InChI is InChI=1S/C10H13NO2/c1-7-9(13-8-3-4-8)5-6-10(11-7)12-2/h5-6,8H,3-4H2,1-2H3. The highest BCUT2D eigenvalue weighted by atomic mass is 16.5. The van der Waals surface area contributed by atoms with Crippen LogP contribution in [-0.2, 0) is 0 Å². The normalized spacial score (nSPS) is 15.5. The van der Waals surface area contributed by atoms with E-state index in [1.807, 2.05) is 19.1 Å². The fourth-order valence-electron chi connectivity index (χ4n) is 1.13. The summed E-state index contributed by atoms with van der Waals surface area (Å²) >= 11 is 0. The number of methoxy groups -OCH3 is 1. The van der Waals surface area contributed by atoms with E-state index in [-0.39, 0.29) is 0 Å². The van der Waals surface area contributed by atoms with Crippen LogP contribution in [0.4, 0.5) is 0 Å². The molecule has 0 atom stereocenters. The van der Waals surface area contributed by atoms with Gasteiger partial charge in [0.15, 0.2) is 0 Å². The van der Waals surface area contributed by atoms with Gasteiger partial charge in [0.25, 0.3) is 0 Å². The van der Waals surface area contributed by atoms with Crippen LogP contribution in [0.1, 0.15) is 18.5 Å². The van der Waals surface area contributed by atoms with Crippen molar-refractivity contribution >= 4 is 0 Å². The van der Waals surface area contributed by atoms with Crippen molar-refractivity contribution in [1.82, 2.24) is 4.98 Å². The highest BCUT2D eigenvalue weighted by Gasteiger charge is 2.24. The van der Waals surface area contributed by atoms with Crippen molar-refractivity contribution in [3.63, 3.8) is 0 Å². The van der Waals surface area contributed by atoms with Crippen molar-refractivity contribution in [2.24, 2.45) is 0 Å². The van der Waals surface area contributed by atoms with Crippen molar-refractivity contribution in [3.05, 3.63) is 17.8 Å². The first-order valence-electron chi connectivity index (χ1n) is 4.48. The average Bonchev–Trinajstić information content (AvgIpc) is 2.92. The fraction of sp³-hybridized carbons (Fsp3) is 0.500. The maximum Gasteiger partial charge on any atom is 0.213 e. The zero-order valence-electron chi connectivity index (χ0n) is 7.91. The Morgan fingerprint density at radius 1 is 1.38 bits per heavy atom. The molecular formula is C10H13NO2. The molecule has 3 heteroatoms. The lowest BCUT2D eigenvalue weighted by molar-refractivity contribution is 0.297. The van der Waals surface area contributed by atoms with E-state index < -0.39 is 0 Å². The summed E-state index contributed by atoms with van der Waals surface area (Å²) < 4.78 is 10.6. The van der Waals surface area contributed by atoms with E-state index in [1.165, 1.54) is 12.8 Å². The minimum absolute atomic E-state index is 0.425. The van der Waals surface area contributed by atoms with E-state index in [0.717, 1.165) is 11.4 Å². The third-order valence-corrected chi connectivity index (χ3v) is 2.04. The van der Waals surface area contributed by atoms with E-state index >= 15 is 0 Å². The lowest BCUT2D eigenvalue weighted by Crippen LogP contribution is -1.99. The molecule has 1 aromatic rings. The minimum Gasteiger partial charge on any atom is -0.489 e. The van der Waals surface area contributed by atoms with Gasteiger partial charge in [-0.1, -0.05) is 0 Å². The highest BCUT2D eigenvalue weighted by molar-refractivity contribution is 5.31. The lowest BCUT2D eigenvalue weighted by Gasteiger charge is -2.07. The molecule has 0 amide bonds. The van der Waals surface area contributed by atoms with Gasteiger partial charge in [0.05, 0.1) is 18.9 Å². The SMILES string of the molecule is COc1ccc(OC2CC2)c(C)n1. The van der Waals surface area contributed by atoms with Crippen molar-refractivity contribution in [3.8, 4) is 11.6 Å². The van der Waals surface area contributed by atoms with Crippen LogP contribution in [0.25, 0.3) is 0 Å².